The van der Waals surface area contributed by atoms with Gasteiger partial charge in [0.05, 0.1) is 5.60 Å². The monoisotopic (exact) mass is 442 g/mol. The Balaban J connectivity index is 2.16. The summed E-state index contributed by atoms with van der Waals surface area (Å²) in [6.45, 7) is 3.00. The highest BCUT2D eigenvalue weighted by Gasteiger charge is 2.53. The van der Waals surface area contributed by atoms with Crippen LogP contribution < -0.4 is 4.74 Å². The second-order valence-corrected chi connectivity index (χ2v) is 9.69. The van der Waals surface area contributed by atoms with Crippen molar-refractivity contribution in [3.05, 3.63) is 29.8 Å². The highest BCUT2D eigenvalue weighted by molar-refractivity contribution is 8.01. The van der Waals surface area contributed by atoms with Gasteiger partial charge in [0.25, 0.3) is 11.8 Å². The van der Waals surface area contributed by atoms with Gasteiger partial charge in [-0.15, -0.1) is 23.5 Å². The van der Waals surface area contributed by atoms with Crippen LogP contribution in [0.2, 0.25) is 0 Å². The predicted octanol–water partition coefficient (Wildman–Crippen LogP) is 1.42. The highest BCUT2D eigenvalue weighted by Crippen LogP contribution is 2.39. The van der Waals surface area contributed by atoms with Crippen molar-refractivity contribution in [1.82, 2.24) is 9.80 Å². The van der Waals surface area contributed by atoms with Crippen molar-refractivity contribution in [2.75, 3.05) is 33.2 Å². The molecule has 0 aromatic heterocycles. The van der Waals surface area contributed by atoms with Crippen LogP contribution >= 0.6 is 23.5 Å². The highest BCUT2D eigenvalue weighted by atomic mass is 32.2. The molecule has 9 heteroatoms. The average molecular weight is 443 g/mol. The van der Waals surface area contributed by atoms with Gasteiger partial charge < -0.3 is 24.7 Å². The van der Waals surface area contributed by atoms with Crippen LogP contribution in [0.25, 0.3) is 0 Å². The van der Waals surface area contributed by atoms with E-state index >= 15 is 0 Å². The molecule has 0 radical (unpaired) electrons. The molecule has 1 saturated heterocycles. The van der Waals surface area contributed by atoms with Gasteiger partial charge in [-0.3, -0.25) is 9.59 Å². The Labute approximate surface area is 180 Å². The molecule has 1 fully saturated rings. The van der Waals surface area contributed by atoms with Gasteiger partial charge in [0, 0.05) is 20.5 Å². The van der Waals surface area contributed by atoms with Crippen molar-refractivity contribution in [2.24, 2.45) is 0 Å². The minimum Gasteiger partial charge on any atom is -0.491 e. The number of hydrogen-bond acceptors (Lipinski definition) is 7. The number of likely N-dealkylation sites (N-methyl/N-ethyl adjacent to an activating group) is 2. The maximum absolute atomic E-state index is 13.2. The van der Waals surface area contributed by atoms with Crippen LogP contribution in [0.5, 0.6) is 5.75 Å². The summed E-state index contributed by atoms with van der Waals surface area (Å²) in [7, 11) is 3.35. The lowest BCUT2D eigenvalue weighted by molar-refractivity contribution is -0.156. The molecule has 0 bridgehead atoms. The van der Waals surface area contributed by atoms with Crippen LogP contribution in [0.15, 0.2) is 24.3 Å². The third kappa shape index (κ3) is 4.84. The first-order valence-corrected chi connectivity index (χ1v) is 11.7. The number of aliphatic hydroxyl groups is 2. The molecule has 1 aromatic rings. The first-order valence-electron chi connectivity index (χ1n) is 9.23. The first kappa shape index (κ1) is 23.9. The van der Waals surface area contributed by atoms with Crippen molar-refractivity contribution in [1.29, 1.82) is 0 Å². The molecular formula is C20H30N2O5S2. The molecule has 1 aliphatic heterocycles. The number of aliphatic hydroxyl groups excluding tert-OH is 1. The van der Waals surface area contributed by atoms with E-state index in [1.165, 1.54) is 42.3 Å². The van der Waals surface area contributed by atoms with Gasteiger partial charge >= 0.3 is 0 Å². The van der Waals surface area contributed by atoms with Gasteiger partial charge in [0.15, 0.2) is 10.2 Å². The Bertz CT molecular complexity index is 737. The predicted molar refractivity (Wildman–Crippen MR) is 117 cm³/mol. The van der Waals surface area contributed by atoms with E-state index in [9.17, 15) is 19.8 Å². The lowest BCUT2D eigenvalue weighted by Crippen LogP contribution is -2.68. The summed E-state index contributed by atoms with van der Waals surface area (Å²) in [5.41, 5.74) is -0.359. The summed E-state index contributed by atoms with van der Waals surface area (Å²) in [6, 6.07) is 7.19. The molecule has 29 heavy (non-hydrogen) atoms. The quantitative estimate of drug-likeness (QED) is 0.629. The smallest absolute Gasteiger partial charge is 0.260 e. The number of carbonyl (C=O) groups is 2. The minimum atomic E-state index is -1.25. The summed E-state index contributed by atoms with van der Waals surface area (Å²) in [4.78, 5) is 28.0. The summed E-state index contributed by atoms with van der Waals surface area (Å²) in [6.07, 6.45) is 3.01. The van der Waals surface area contributed by atoms with Crippen molar-refractivity contribution >= 4 is 35.3 Å². The van der Waals surface area contributed by atoms with Crippen LogP contribution in [0, 0.1) is 0 Å². The van der Waals surface area contributed by atoms with Gasteiger partial charge in [0.2, 0.25) is 0 Å². The molecule has 2 amide bonds. The summed E-state index contributed by atoms with van der Waals surface area (Å²) >= 11 is 2.71. The molecule has 3 atom stereocenters. The van der Waals surface area contributed by atoms with Gasteiger partial charge in [-0.2, -0.15) is 0 Å². The topological polar surface area (TPSA) is 90.3 Å². The van der Waals surface area contributed by atoms with Crippen LogP contribution in [0.1, 0.15) is 19.4 Å². The Morgan fingerprint density at radius 1 is 1.21 bits per heavy atom. The van der Waals surface area contributed by atoms with Crippen molar-refractivity contribution < 1.29 is 24.5 Å². The molecular weight excluding hydrogens is 412 g/mol. The number of nitrogens with zero attached hydrogens (tertiary/aromatic N) is 2. The molecule has 3 unspecified atom stereocenters. The number of rotatable bonds is 8. The molecule has 0 saturated carbocycles. The van der Waals surface area contributed by atoms with E-state index in [2.05, 4.69) is 0 Å². The Hall–Kier alpha value is -1.42. The van der Waals surface area contributed by atoms with Crippen molar-refractivity contribution in [3.63, 3.8) is 0 Å². The molecule has 7 nitrogen and oxygen atoms in total. The van der Waals surface area contributed by atoms with E-state index in [1.807, 2.05) is 24.6 Å². The third-order valence-corrected chi connectivity index (χ3v) is 7.47. The largest absolute Gasteiger partial charge is 0.491 e. The lowest BCUT2D eigenvalue weighted by Gasteiger charge is -2.48. The standard InChI is InChI=1S/C20H30N2O5S2/c1-19(2,26)15(23)12-27-14-9-7-13(8-10-14)11-20(29-6)18(25)21(3)17(28-5)16(24)22(20)4/h7-10,15,17,23,26H,11-12H2,1-6H3. The van der Waals surface area contributed by atoms with E-state index in [1.54, 1.807) is 31.1 Å². The van der Waals surface area contributed by atoms with E-state index in [0.29, 0.717) is 12.2 Å². The average Bonchev–Trinajstić information content (AvgIpc) is 2.68. The molecule has 1 aliphatic rings. The van der Waals surface area contributed by atoms with E-state index in [4.69, 9.17) is 4.74 Å². The molecule has 0 spiro atoms. The Kier molecular flexibility index (Phi) is 7.53. The molecule has 0 aliphatic carbocycles. The molecule has 1 aromatic carbocycles. The number of ether oxygens (including phenoxy) is 1. The summed E-state index contributed by atoms with van der Waals surface area (Å²) in [5, 5.41) is 19.1. The van der Waals surface area contributed by atoms with Gasteiger partial charge in [-0.25, -0.2) is 0 Å². The third-order valence-electron chi connectivity index (χ3n) is 5.24. The molecule has 2 N–H and O–H groups in total. The van der Waals surface area contributed by atoms with E-state index in [-0.39, 0.29) is 18.4 Å². The fraction of sp³-hybridized carbons (Fsp3) is 0.600. The van der Waals surface area contributed by atoms with Crippen LogP contribution in [-0.4, -0.2) is 87.0 Å². The summed E-state index contributed by atoms with van der Waals surface area (Å²) < 4.78 is 5.54. The number of carbonyl (C=O) groups excluding carboxylic acids is 2. The SMILES string of the molecule is CSC1C(=O)N(C)C(Cc2ccc(OCC(O)C(C)(C)O)cc2)(SC)C(=O)N1C. The lowest BCUT2D eigenvalue weighted by atomic mass is 10.0. The van der Waals surface area contributed by atoms with Crippen LogP contribution in [-0.2, 0) is 16.0 Å². The number of thioether (sulfide) groups is 2. The zero-order valence-electron chi connectivity index (χ0n) is 17.7. The van der Waals surface area contributed by atoms with Crippen LogP contribution in [0.3, 0.4) is 0 Å². The van der Waals surface area contributed by atoms with Gasteiger partial charge in [0.1, 0.15) is 18.5 Å². The Morgan fingerprint density at radius 3 is 2.28 bits per heavy atom. The zero-order chi connectivity index (χ0) is 22.0. The molecule has 1 heterocycles. The fourth-order valence-electron chi connectivity index (χ4n) is 3.14. The second kappa shape index (κ2) is 9.16. The van der Waals surface area contributed by atoms with Gasteiger partial charge in [-0.1, -0.05) is 12.1 Å². The maximum atomic E-state index is 13.2. The Morgan fingerprint density at radius 2 is 1.79 bits per heavy atom. The van der Waals surface area contributed by atoms with Crippen molar-refractivity contribution in [3.8, 4) is 5.75 Å². The minimum absolute atomic E-state index is 0.0335. The van der Waals surface area contributed by atoms with Gasteiger partial charge in [-0.05, 0) is 44.1 Å². The number of benzene rings is 1. The van der Waals surface area contributed by atoms with E-state index < -0.39 is 21.9 Å². The normalized spacial score (nSPS) is 24.1. The second-order valence-electron chi connectivity index (χ2n) is 7.69. The first-order chi connectivity index (χ1) is 13.5. The number of piperazine rings is 1. The molecule has 2 rings (SSSR count). The van der Waals surface area contributed by atoms with E-state index in [0.717, 1.165) is 5.56 Å². The van der Waals surface area contributed by atoms with Crippen molar-refractivity contribution in [2.45, 2.75) is 42.2 Å². The van der Waals surface area contributed by atoms with Crippen LogP contribution in [0.4, 0.5) is 0 Å². The fourth-order valence-corrected chi connectivity index (χ4v) is 4.91. The number of hydrogen-bond donors (Lipinski definition) is 2. The number of amides is 2. The molecule has 162 valence electrons. The maximum Gasteiger partial charge on any atom is 0.260 e. The summed E-state index contributed by atoms with van der Waals surface area (Å²) in [5.74, 6) is 0.365. The zero-order valence-corrected chi connectivity index (χ0v) is 19.3.